The highest BCUT2D eigenvalue weighted by atomic mass is 15.2. The number of hydrogen-bond donors (Lipinski definition) is 2. The van der Waals surface area contributed by atoms with Crippen LogP contribution in [0.3, 0.4) is 0 Å². The van der Waals surface area contributed by atoms with Crippen LogP contribution in [0.5, 0.6) is 0 Å². The van der Waals surface area contributed by atoms with Crippen molar-refractivity contribution < 1.29 is 0 Å². The number of nitrogens with one attached hydrogen (secondary N) is 2. The summed E-state index contributed by atoms with van der Waals surface area (Å²) in [6, 6.07) is 14.5. The minimum Gasteiger partial charge on any atom is -0.302 e. The van der Waals surface area contributed by atoms with Gasteiger partial charge in [-0.25, -0.2) is 4.98 Å². The van der Waals surface area contributed by atoms with E-state index in [1.165, 1.54) is 6.33 Å². The van der Waals surface area contributed by atoms with Gasteiger partial charge >= 0.3 is 0 Å². The highest BCUT2D eigenvalue weighted by Crippen LogP contribution is 2.31. The first kappa shape index (κ1) is 15.5. The van der Waals surface area contributed by atoms with Crippen molar-refractivity contribution >= 4 is 10.9 Å². The first-order valence-corrected chi connectivity index (χ1v) is 8.07. The van der Waals surface area contributed by atoms with E-state index in [2.05, 4.69) is 61.5 Å². The molecular formula is C19H19N6. The smallest absolute Gasteiger partial charge is 0.155 e. The van der Waals surface area contributed by atoms with Gasteiger partial charge < -0.3 is 4.90 Å². The van der Waals surface area contributed by atoms with E-state index in [0.717, 1.165) is 39.1 Å². The van der Waals surface area contributed by atoms with Gasteiger partial charge in [0, 0.05) is 22.6 Å². The first-order chi connectivity index (χ1) is 12.1. The number of hydrogen-bond acceptors (Lipinski definition) is 4. The van der Waals surface area contributed by atoms with E-state index >= 15 is 0 Å². The summed E-state index contributed by atoms with van der Waals surface area (Å²) in [5.74, 6) is 0.744. The fourth-order valence-corrected chi connectivity index (χ4v) is 2.92. The van der Waals surface area contributed by atoms with Crippen molar-refractivity contribution in [3.05, 3.63) is 61.3 Å². The number of aromatic amines is 2. The second-order valence-corrected chi connectivity index (χ2v) is 6.27. The first-order valence-electron chi connectivity index (χ1n) is 8.07. The predicted octanol–water partition coefficient (Wildman–Crippen LogP) is 3.45. The Balaban J connectivity index is 1.82. The maximum absolute atomic E-state index is 4.53. The van der Waals surface area contributed by atoms with E-state index in [9.17, 15) is 0 Å². The van der Waals surface area contributed by atoms with Crippen LogP contribution in [0.4, 0.5) is 0 Å². The summed E-state index contributed by atoms with van der Waals surface area (Å²) in [7, 11) is 4.05. The van der Waals surface area contributed by atoms with Crippen molar-refractivity contribution in [3.63, 3.8) is 0 Å². The number of rotatable bonds is 4. The highest BCUT2D eigenvalue weighted by Gasteiger charge is 2.13. The third-order valence-corrected chi connectivity index (χ3v) is 4.42. The largest absolute Gasteiger partial charge is 0.302 e. The minimum absolute atomic E-state index is 0.0925. The monoisotopic (exact) mass is 331 g/mol. The Hall–Kier alpha value is -2.99. The van der Waals surface area contributed by atoms with Crippen molar-refractivity contribution in [1.29, 1.82) is 0 Å². The molecule has 4 aromatic rings. The molecule has 1 radical (unpaired) electrons. The van der Waals surface area contributed by atoms with Crippen molar-refractivity contribution in [1.82, 2.24) is 30.3 Å². The molecule has 2 N–H and O–H groups in total. The van der Waals surface area contributed by atoms with Crippen LogP contribution in [-0.4, -0.2) is 44.4 Å². The molecule has 0 fully saturated rings. The quantitative estimate of drug-likeness (QED) is 0.601. The SMILES string of the molecule is [CH2]C(c1cccc(-c2n[nH]c3ccc(-c4ncn[nH]4)cc23)c1)N(C)C. The summed E-state index contributed by atoms with van der Waals surface area (Å²) < 4.78 is 0. The molecule has 0 amide bonds. The molecule has 0 saturated heterocycles. The lowest BCUT2D eigenvalue weighted by molar-refractivity contribution is 0.349. The van der Waals surface area contributed by atoms with Crippen molar-refractivity contribution in [2.45, 2.75) is 6.04 Å². The van der Waals surface area contributed by atoms with Crippen LogP contribution in [0.1, 0.15) is 11.6 Å². The van der Waals surface area contributed by atoms with E-state index in [1.807, 2.05) is 32.3 Å². The number of benzene rings is 2. The fraction of sp³-hybridized carbons (Fsp3) is 0.158. The second-order valence-electron chi connectivity index (χ2n) is 6.27. The third-order valence-electron chi connectivity index (χ3n) is 4.42. The van der Waals surface area contributed by atoms with Gasteiger partial charge in [-0.05, 0) is 50.8 Å². The standard InChI is InChI=1S/C19H19N6/c1-12(25(2)3)13-5-4-6-14(9-13)18-16-10-15(19-20-11-21-24-19)7-8-17(16)22-23-18/h4-12H,1H2,2-3H3,(H,22,23)(H,20,21,24). The van der Waals surface area contributed by atoms with Gasteiger partial charge in [0.1, 0.15) is 6.33 Å². The molecule has 2 aromatic carbocycles. The lowest BCUT2D eigenvalue weighted by Crippen LogP contribution is -2.16. The van der Waals surface area contributed by atoms with Crippen LogP contribution in [0, 0.1) is 6.92 Å². The third kappa shape index (κ3) is 2.81. The van der Waals surface area contributed by atoms with Gasteiger partial charge in [0.25, 0.3) is 0 Å². The van der Waals surface area contributed by atoms with Gasteiger partial charge in [-0.3, -0.25) is 10.2 Å². The summed E-state index contributed by atoms with van der Waals surface area (Å²) in [6.45, 7) is 4.22. The molecule has 0 bridgehead atoms. The molecule has 125 valence electrons. The number of fused-ring (bicyclic) bond motifs is 1. The summed E-state index contributed by atoms with van der Waals surface area (Å²) in [6.07, 6.45) is 1.51. The van der Waals surface area contributed by atoms with Gasteiger partial charge in [-0.15, -0.1) is 0 Å². The second kappa shape index (κ2) is 6.14. The maximum atomic E-state index is 4.53. The van der Waals surface area contributed by atoms with Crippen LogP contribution in [0.15, 0.2) is 48.8 Å². The molecule has 0 aliphatic carbocycles. The number of nitrogens with zero attached hydrogens (tertiary/aromatic N) is 4. The van der Waals surface area contributed by atoms with E-state index in [-0.39, 0.29) is 6.04 Å². The number of aromatic nitrogens is 5. The molecule has 0 aliphatic heterocycles. The fourth-order valence-electron chi connectivity index (χ4n) is 2.92. The summed E-state index contributed by atoms with van der Waals surface area (Å²) in [4.78, 5) is 6.31. The Kier molecular flexibility index (Phi) is 3.82. The van der Waals surface area contributed by atoms with E-state index in [4.69, 9.17) is 0 Å². The molecule has 2 aromatic heterocycles. The minimum atomic E-state index is 0.0925. The topological polar surface area (TPSA) is 73.5 Å². The molecule has 1 unspecified atom stereocenters. The normalized spacial score (nSPS) is 12.8. The zero-order chi connectivity index (χ0) is 17.4. The Morgan fingerprint density at radius 2 is 1.92 bits per heavy atom. The number of H-pyrrole nitrogens is 2. The van der Waals surface area contributed by atoms with Crippen LogP contribution in [0.25, 0.3) is 33.5 Å². The lowest BCUT2D eigenvalue weighted by atomic mass is 10.0. The van der Waals surface area contributed by atoms with E-state index < -0.39 is 0 Å². The molecule has 6 heteroatoms. The average molecular weight is 331 g/mol. The zero-order valence-corrected chi connectivity index (χ0v) is 14.2. The van der Waals surface area contributed by atoms with Gasteiger partial charge in [-0.2, -0.15) is 10.2 Å². The van der Waals surface area contributed by atoms with Crippen LogP contribution >= 0.6 is 0 Å². The molecule has 0 aliphatic rings. The Bertz CT molecular complexity index is 1000. The van der Waals surface area contributed by atoms with Crippen molar-refractivity contribution in [3.8, 4) is 22.6 Å². The Morgan fingerprint density at radius 3 is 2.68 bits per heavy atom. The molecule has 6 nitrogen and oxygen atoms in total. The van der Waals surface area contributed by atoms with Crippen LogP contribution < -0.4 is 0 Å². The molecule has 0 spiro atoms. The van der Waals surface area contributed by atoms with Crippen molar-refractivity contribution in [2.75, 3.05) is 14.1 Å². The zero-order valence-electron chi connectivity index (χ0n) is 14.2. The Labute approximate surface area is 145 Å². The lowest BCUT2D eigenvalue weighted by Gasteiger charge is -2.20. The van der Waals surface area contributed by atoms with Crippen molar-refractivity contribution in [2.24, 2.45) is 0 Å². The van der Waals surface area contributed by atoms with Gasteiger partial charge in [0.2, 0.25) is 0 Å². The molecule has 0 saturated carbocycles. The molecule has 25 heavy (non-hydrogen) atoms. The summed E-state index contributed by atoms with van der Waals surface area (Å²) in [5, 5.41) is 15.5. The molecular weight excluding hydrogens is 312 g/mol. The van der Waals surface area contributed by atoms with Crippen LogP contribution in [-0.2, 0) is 0 Å². The maximum Gasteiger partial charge on any atom is 0.155 e. The summed E-state index contributed by atoms with van der Waals surface area (Å²) >= 11 is 0. The van der Waals surface area contributed by atoms with Gasteiger partial charge in [0.05, 0.1) is 11.2 Å². The van der Waals surface area contributed by atoms with Gasteiger partial charge in [0.15, 0.2) is 5.82 Å². The van der Waals surface area contributed by atoms with Crippen LogP contribution in [0.2, 0.25) is 0 Å². The van der Waals surface area contributed by atoms with E-state index in [0.29, 0.717) is 0 Å². The van der Waals surface area contributed by atoms with Gasteiger partial charge in [-0.1, -0.05) is 18.2 Å². The molecule has 2 heterocycles. The summed E-state index contributed by atoms with van der Waals surface area (Å²) in [5.41, 5.74) is 5.11. The highest BCUT2D eigenvalue weighted by molar-refractivity contribution is 5.95. The molecule has 4 rings (SSSR count). The Morgan fingerprint density at radius 1 is 1.04 bits per heavy atom. The average Bonchev–Trinajstić information content (AvgIpc) is 3.30. The van der Waals surface area contributed by atoms with E-state index in [1.54, 1.807) is 0 Å². The predicted molar refractivity (Wildman–Crippen MR) is 98.7 cm³/mol. The molecule has 1 atom stereocenters.